The summed E-state index contributed by atoms with van der Waals surface area (Å²) in [6.07, 6.45) is 6.70. The number of hydrogen-bond acceptors (Lipinski definition) is 2. The van der Waals surface area contributed by atoms with Crippen molar-refractivity contribution in [2.24, 2.45) is 0 Å². The molecule has 0 unspecified atom stereocenters. The summed E-state index contributed by atoms with van der Waals surface area (Å²) in [4.78, 5) is 2.81. The van der Waals surface area contributed by atoms with Gasteiger partial charge in [0.05, 0.1) is 0 Å². The number of rotatable bonds is 4. The Kier molecular flexibility index (Phi) is 4.74. The van der Waals surface area contributed by atoms with Gasteiger partial charge in [-0.1, -0.05) is 13.3 Å². The monoisotopic (exact) mass is 212 g/mol. The Morgan fingerprint density at radius 1 is 1.15 bits per heavy atom. The number of thioether (sulfide) groups is 2. The Morgan fingerprint density at radius 3 is 2.46 bits per heavy atom. The molecule has 0 heterocycles. The molecule has 0 saturated carbocycles. The number of hydrogen-bond donors (Lipinski definition) is 0. The van der Waals surface area contributed by atoms with Gasteiger partial charge in [0.2, 0.25) is 0 Å². The first kappa shape index (κ1) is 11.0. The van der Waals surface area contributed by atoms with Crippen LogP contribution in [0.5, 0.6) is 0 Å². The molecule has 0 aliphatic carbocycles. The van der Waals surface area contributed by atoms with Gasteiger partial charge in [-0.3, -0.25) is 0 Å². The number of benzene rings is 1. The van der Waals surface area contributed by atoms with E-state index in [0.29, 0.717) is 0 Å². The van der Waals surface area contributed by atoms with Crippen molar-refractivity contribution in [2.45, 2.75) is 29.6 Å². The van der Waals surface area contributed by atoms with Crippen molar-refractivity contribution in [3.05, 3.63) is 23.8 Å². The molecule has 0 bridgehead atoms. The molecule has 0 radical (unpaired) electrons. The van der Waals surface area contributed by atoms with E-state index in [2.05, 4.69) is 37.6 Å². The van der Waals surface area contributed by atoms with Crippen LogP contribution in [0.25, 0.3) is 0 Å². The lowest BCUT2D eigenvalue weighted by molar-refractivity contribution is 0.896. The highest BCUT2D eigenvalue weighted by atomic mass is 32.2. The predicted octanol–water partition coefficient (Wildman–Crippen LogP) is 4.08. The summed E-state index contributed by atoms with van der Waals surface area (Å²) in [5.74, 6) is 0. The molecule has 72 valence electrons. The van der Waals surface area contributed by atoms with E-state index in [0.717, 1.165) is 0 Å². The van der Waals surface area contributed by atoms with Crippen LogP contribution in [0, 0.1) is 0 Å². The van der Waals surface area contributed by atoms with Gasteiger partial charge in [-0.15, -0.1) is 23.5 Å². The van der Waals surface area contributed by atoms with Gasteiger partial charge in [-0.2, -0.15) is 0 Å². The summed E-state index contributed by atoms with van der Waals surface area (Å²) < 4.78 is 0. The van der Waals surface area contributed by atoms with Crippen molar-refractivity contribution in [2.75, 3.05) is 12.5 Å². The minimum Gasteiger partial charge on any atom is -0.130 e. The van der Waals surface area contributed by atoms with Crippen molar-refractivity contribution < 1.29 is 0 Å². The van der Waals surface area contributed by atoms with Crippen molar-refractivity contribution in [1.82, 2.24) is 0 Å². The van der Waals surface area contributed by atoms with Crippen molar-refractivity contribution in [1.29, 1.82) is 0 Å². The van der Waals surface area contributed by atoms with Crippen LogP contribution in [-0.2, 0) is 6.42 Å². The third-order valence-electron chi connectivity index (χ3n) is 2.01. The quantitative estimate of drug-likeness (QED) is 0.690. The van der Waals surface area contributed by atoms with E-state index in [1.807, 2.05) is 23.5 Å². The lowest BCUT2D eigenvalue weighted by Gasteiger charge is -2.07. The predicted molar refractivity (Wildman–Crippen MR) is 64.0 cm³/mol. The van der Waals surface area contributed by atoms with Crippen LogP contribution < -0.4 is 0 Å². The maximum atomic E-state index is 2.32. The molecule has 0 nitrogen and oxygen atoms in total. The van der Waals surface area contributed by atoms with E-state index in [1.54, 1.807) is 0 Å². The summed E-state index contributed by atoms with van der Waals surface area (Å²) in [6, 6.07) is 6.76. The lowest BCUT2D eigenvalue weighted by Crippen LogP contribution is -1.87. The van der Waals surface area contributed by atoms with E-state index >= 15 is 0 Å². The second-order valence-corrected chi connectivity index (χ2v) is 4.66. The van der Waals surface area contributed by atoms with E-state index in [4.69, 9.17) is 0 Å². The molecule has 0 N–H and O–H groups in total. The van der Waals surface area contributed by atoms with Gasteiger partial charge in [-0.25, -0.2) is 0 Å². The molecule has 0 spiro atoms. The Labute approximate surface area is 89.5 Å². The maximum Gasteiger partial charge on any atom is 0.0102 e. The Morgan fingerprint density at radius 2 is 1.92 bits per heavy atom. The van der Waals surface area contributed by atoms with E-state index in [9.17, 15) is 0 Å². The summed E-state index contributed by atoms with van der Waals surface area (Å²) in [5.41, 5.74) is 1.50. The summed E-state index contributed by atoms with van der Waals surface area (Å²) >= 11 is 3.66. The van der Waals surface area contributed by atoms with E-state index < -0.39 is 0 Å². The zero-order chi connectivity index (χ0) is 9.68. The van der Waals surface area contributed by atoms with Gasteiger partial charge in [0.25, 0.3) is 0 Å². The lowest BCUT2D eigenvalue weighted by atomic mass is 10.1. The Balaban J connectivity index is 2.95. The van der Waals surface area contributed by atoms with Gasteiger partial charge in [0.15, 0.2) is 0 Å². The van der Waals surface area contributed by atoms with Crippen LogP contribution in [0.1, 0.15) is 18.9 Å². The molecule has 13 heavy (non-hydrogen) atoms. The highest BCUT2D eigenvalue weighted by molar-refractivity contribution is 7.99. The molecule has 2 heteroatoms. The summed E-state index contributed by atoms with van der Waals surface area (Å²) in [6.45, 7) is 2.23. The third-order valence-corrected chi connectivity index (χ3v) is 3.57. The largest absolute Gasteiger partial charge is 0.130 e. The highest BCUT2D eigenvalue weighted by Crippen LogP contribution is 2.26. The first-order valence-corrected chi connectivity index (χ1v) is 6.97. The molecule has 0 fully saturated rings. The zero-order valence-electron chi connectivity index (χ0n) is 8.46. The fourth-order valence-electron chi connectivity index (χ4n) is 1.35. The zero-order valence-corrected chi connectivity index (χ0v) is 10.1. The van der Waals surface area contributed by atoms with E-state index in [1.165, 1.54) is 28.2 Å². The van der Waals surface area contributed by atoms with Crippen LogP contribution in [-0.4, -0.2) is 12.5 Å². The standard InChI is InChI=1S/C11H16S2/c1-4-5-9-8-10(12-2)6-7-11(9)13-3/h6-8H,4-5H2,1-3H3. The fourth-order valence-corrected chi connectivity index (χ4v) is 2.44. The SMILES string of the molecule is CCCc1cc(SC)ccc1SC. The van der Waals surface area contributed by atoms with Crippen LogP contribution in [0.15, 0.2) is 28.0 Å². The van der Waals surface area contributed by atoms with Gasteiger partial charge >= 0.3 is 0 Å². The minimum atomic E-state index is 1.20. The van der Waals surface area contributed by atoms with Crippen LogP contribution in [0.4, 0.5) is 0 Å². The topological polar surface area (TPSA) is 0 Å². The third kappa shape index (κ3) is 2.96. The average molecular weight is 212 g/mol. The first-order valence-electron chi connectivity index (χ1n) is 4.52. The molecule has 0 aliphatic rings. The molecule has 1 aromatic carbocycles. The molecular weight excluding hydrogens is 196 g/mol. The Hall–Kier alpha value is -0.0800. The summed E-state index contributed by atoms with van der Waals surface area (Å²) in [5, 5.41) is 0. The molecule has 0 aromatic heterocycles. The molecule has 1 aromatic rings. The Bertz CT molecular complexity index is 269. The highest BCUT2D eigenvalue weighted by Gasteiger charge is 2.01. The van der Waals surface area contributed by atoms with Crippen molar-refractivity contribution in [3.8, 4) is 0 Å². The first-order chi connectivity index (χ1) is 6.31. The fraction of sp³-hybridized carbons (Fsp3) is 0.455. The second-order valence-electron chi connectivity index (χ2n) is 2.93. The van der Waals surface area contributed by atoms with Crippen molar-refractivity contribution in [3.63, 3.8) is 0 Å². The molecule has 0 atom stereocenters. The van der Waals surface area contributed by atoms with Crippen LogP contribution in [0.3, 0.4) is 0 Å². The number of aryl methyl sites for hydroxylation is 1. The van der Waals surface area contributed by atoms with Crippen LogP contribution in [0.2, 0.25) is 0 Å². The summed E-state index contributed by atoms with van der Waals surface area (Å²) in [7, 11) is 0. The van der Waals surface area contributed by atoms with Gasteiger partial charge in [0.1, 0.15) is 0 Å². The molecule has 0 amide bonds. The van der Waals surface area contributed by atoms with Crippen LogP contribution >= 0.6 is 23.5 Å². The molecule has 1 rings (SSSR count). The van der Waals surface area contributed by atoms with Gasteiger partial charge < -0.3 is 0 Å². The maximum absolute atomic E-state index is 2.32. The minimum absolute atomic E-state index is 1.20. The van der Waals surface area contributed by atoms with Gasteiger partial charge in [-0.05, 0) is 42.7 Å². The van der Waals surface area contributed by atoms with Crippen molar-refractivity contribution >= 4 is 23.5 Å². The molecule has 0 saturated heterocycles. The normalized spacial score (nSPS) is 10.4. The van der Waals surface area contributed by atoms with E-state index in [-0.39, 0.29) is 0 Å². The molecular formula is C11H16S2. The second kappa shape index (κ2) is 5.61. The van der Waals surface area contributed by atoms with Gasteiger partial charge in [0, 0.05) is 9.79 Å². The average Bonchev–Trinajstić information content (AvgIpc) is 2.18. The smallest absolute Gasteiger partial charge is 0.0102 e. The molecule has 0 aliphatic heterocycles.